The van der Waals surface area contributed by atoms with E-state index in [1.54, 1.807) is 19.1 Å². The third-order valence-electron chi connectivity index (χ3n) is 2.52. The normalized spacial score (nSPS) is 10.5. The number of amides is 1. The largest absolute Gasteiger partial charge is 0.365 e. The SMILES string of the molecule is CCC(=O)NOCc1c(I)cccc1-n1nn[nH]c1=O. The minimum Gasteiger partial charge on any atom is -0.273 e. The van der Waals surface area contributed by atoms with Crippen molar-refractivity contribution in [3.63, 3.8) is 0 Å². The highest BCUT2D eigenvalue weighted by atomic mass is 127. The Balaban J connectivity index is 2.26. The summed E-state index contributed by atoms with van der Waals surface area (Å²) in [7, 11) is 0. The van der Waals surface area contributed by atoms with Crippen LogP contribution in [0.5, 0.6) is 0 Å². The summed E-state index contributed by atoms with van der Waals surface area (Å²) in [5, 5.41) is 9.38. The molecule has 0 saturated carbocycles. The molecule has 1 aromatic carbocycles. The number of hydrogen-bond donors (Lipinski definition) is 2. The van der Waals surface area contributed by atoms with Gasteiger partial charge in [-0.2, -0.15) is 4.68 Å². The molecule has 106 valence electrons. The van der Waals surface area contributed by atoms with Gasteiger partial charge < -0.3 is 0 Å². The molecule has 0 spiro atoms. The highest BCUT2D eigenvalue weighted by Crippen LogP contribution is 2.19. The molecule has 0 radical (unpaired) electrons. The first-order valence-electron chi connectivity index (χ1n) is 5.82. The second-order valence-electron chi connectivity index (χ2n) is 3.82. The second kappa shape index (κ2) is 6.61. The molecule has 0 aliphatic rings. The van der Waals surface area contributed by atoms with Crippen LogP contribution in [0.1, 0.15) is 18.9 Å². The molecule has 9 heteroatoms. The number of nitrogens with zero attached hydrogens (tertiary/aromatic N) is 3. The number of tetrazole rings is 1. The summed E-state index contributed by atoms with van der Waals surface area (Å²) in [6.45, 7) is 1.85. The molecule has 0 aliphatic heterocycles. The Hall–Kier alpha value is -1.75. The number of halogens is 1. The van der Waals surface area contributed by atoms with Crippen molar-refractivity contribution in [3.05, 3.63) is 37.8 Å². The van der Waals surface area contributed by atoms with Crippen LogP contribution in [-0.4, -0.2) is 26.1 Å². The molecule has 1 amide bonds. The van der Waals surface area contributed by atoms with Gasteiger partial charge in [0.2, 0.25) is 5.91 Å². The molecular formula is C11H12IN5O3. The van der Waals surface area contributed by atoms with Crippen molar-refractivity contribution in [2.24, 2.45) is 0 Å². The second-order valence-corrected chi connectivity index (χ2v) is 4.99. The standard InChI is InChI=1S/C11H12IN5O3/c1-2-10(18)14-20-6-7-8(12)4-3-5-9(7)17-11(19)13-15-16-17/h3-5H,2,6H2,1H3,(H,14,18)(H,13,16,19). The molecule has 20 heavy (non-hydrogen) atoms. The predicted molar refractivity (Wildman–Crippen MR) is 77.9 cm³/mol. The van der Waals surface area contributed by atoms with E-state index in [2.05, 4.69) is 43.6 Å². The lowest BCUT2D eigenvalue weighted by Gasteiger charge is -2.11. The van der Waals surface area contributed by atoms with Crippen LogP contribution in [0, 0.1) is 3.57 Å². The Bertz CT molecular complexity index is 666. The number of aromatic amines is 1. The average molecular weight is 389 g/mol. The third kappa shape index (κ3) is 3.22. The number of benzene rings is 1. The summed E-state index contributed by atoms with van der Waals surface area (Å²) in [4.78, 5) is 27.9. The van der Waals surface area contributed by atoms with Gasteiger partial charge in [-0.1, -0.05) is 13.0 Å². The number of H-pyrrole nitrogens is 1. The summed E-state index contributed by atoms with van der Waals surface area (Å²) < 4.78 is 2.03. The van der Waals surface area contributed by atoms with E-state index in [0.29, 0.717) is 12.1 Å². The van der Waals surface area contributed by atoms with E-state index in [0.717, 1.165) is 13.8 Å². The summed E-state index contributed by atoms with van der Waals surface area (Å²) in [6.07, 6.45) is 0.335. The van der Waals surface area contributed by atoms with Gasteiger partial charge in [-0.25, -0.2) is 15.4 Å². The van der Waals surface area contributed by atoms with E-state index in [9.17, 15) is 9.59 Å². The Kier molecular flexibility index (Phi) is 4.84. The molecule has 0 saturated heterocycles. The van der Waals surface area contributed by atoms with Crippen molar-refractivity contribution in [2.45, 2.75) is 20.0 Å². The molecule has 8 nitrogen and oxygen atoms in total. The quantitative estimate of drug-likeness (QED) is 0.574. The van der Waals surface area contributed by atoms with Gasteiger partial charge in [0.1, 0.15) is 6.61 Å². The van der Waals surface area contributed by atoms with Crippen molar-refractivity contribution < 1.29 is 9.63 Å². The minimum atomic E-state index is -0.439. The van der Waals surface area contributed by atoms with Crippen LogP contribution in [0.25, 0.3) is 5.69 Å². The van der Waals surface area contributed by atoms with Crippen molar-refractivity contribution in [1.82, 2.24) is 25.7 Å². The number of carbonyl (C=O) groups is 1. The fourth-order valence-corrected chi connectivity index (χ4v) is 2.14. The number of nitrogens with one attached hydrogen (secondary N) is 2. The van der Waals surface area contributed by atoms with Crippen LogP contribution in [0.4, 0.5) is 0 Å². The van der Waals surface area contributed by atoms with E-state index in [-0.39, 0.29) is 12.5 Å². The molecule has 0 unspecified atom stereocenters. The van der Waals surface area contributed by atoms with E-state index < -0.39 is 5.69 Å². The fourth-order valence-electron chi connectivity index (χ4n) is 1.50. The number of hydrogen-bond acceptors (Lipinski definition) is 5. The molecular weight excluding hydrogens is 377 g/mol. The topological polar surface area (TPSA) is 102 Å². The monoisotopic (exact) mass is 389 g/mol. The smallest absolute Gasteiger partial charge is 0.273 e. The Morgan fingerprint density at radius 1 is 1.55 bits per heavy atom. The molecule has 2 N–H and O–H groups in total. The van der Waals surface area contributed by atoms with Gasteiger partial charge in [-0.05, 0) is 45.2 Å². The van der Waals surface area contributed by atoms with Crippen LogP contribution in [0.15, 0.2) is 23.0 Å². The Morgan fingerprint density at radius 2 is 2.35 bits per heavy atom. The lowest BCUT2D eigenvalue weighted by Crippen LogP contribution is -2.24. The predicted octanol–water partition coefficient (Wildman–Crippen LogP) is 0.518. The number of rotatable bonds is 5. The highest BCUT2D eigenvalue weighted by molar-refractivity contribution is 14.1. The molecule has 0 atom stereocenters. The first-order valence-corrected chi connectivity index (χ1v) is 6.90. The van der Waals surface area contributed by atoms with E-state index >= 15 is 0 Å². The van der Waals surface area contributed by atoms with Gasteiger partial charge in [-0.15, -0.1) is 0 Å². The summed E-state index contributed by atoms with van der Waals surface area (Å²) in [5.41, 5.74) is 3.18. The highest BCUT2D eigenvalue weighted by Gasteiger charge is 2.12. The van der Waals surface area contributed by atoms with Crippen LogP contribution in [0.2, 0.25) is 0 Å². The van der Waals surface area contributed by atoms with Crippen molar-refractivity contribution in [1.29, 1.82) is 0 Å². The third-order valence-corrected chi connectivity index (χ3v) is 3.53. The van der Waals surface area contributed by atoms with Crippen LogP contribution >= 0.6 is 22.6 Å². The first-order chi connectivity index (χ1) is 9.63. The van der Waals surface area contributed by atoms with Gasteiger partial charge >= 0.3 is 5.69 Å². The Labute approximate surface area is 127 Å². The first kappa shape index (κ1) is 14.7. The van der Waals surface area contributed by atoms with Crippen molar-refractivity contribution >= 4 is 28.5 Å². The maximum atomic E-state index is 11.6. The number of hydroxylamine groups is 1. The van der Waals surface area contributed by atoms with Crippen LogP contribution in [-0.2, 0) is 16.2 Å². The van der Waals surface area contributed by atoms with Gasteiger partial charge in [0.15, 0.2) is 0 Å². The summed E-state index contributed by atoms with van der Waals surface area (Å²) >= 11 is 2.12. The fraction of sp³-hybridized carbons (Fsp3) is 0.273. The zero-order valence-electron chi connectivity index (χ0n) is 10.6. The molecule has 1 heterocycles. The summed E-state index contributed by atoms with van der Waals surface area (Å²) in [5.74, 6) is -0.212. The number of aromatic nitrogens is 4. The van der Waals surface area contributed by atoms with Crippen LogP contribution < -0.4 is 11.2 Å². The van der Waals surface area contributed by atoms with Crippen LogP contribution in [0.3, 0.4) is 0 Å². The summed E-state index contributed by atoms with van der Waals surface area (Å²) in [6, 6.07) is 5.40. The van der Waals surface area contributed by atoms with Gasteiger partial charge in [0, 0.05) is 15.6 Å². The Morgan fingerprint density at radius 3 is 3.00 bits per heavy atom. The van der Waals surface area contributed by atoms with E-state index in [4.69, 9.17) is 4.84 Å². The molecule has 0 aliphatic carbocycles. The lowest BCUT2D eigenvalue weighted by molar-refractivity contribution is -0.134. The molecule has 0 fully saturated rings. The van der Waals surface area contributed by atoms with Crippen molar-refractivity contribution in [3.8, 4) is 5.69 Å². The zero-order chi connectivity index (χ0) is 14.5. The van der Waals surface area contributed by atoms with E-state index in [1.807, 2.05) is 6.07 Å². The van der Waals surface area contributed by atoms with Gasteiger partial charge in [-0.3, -0.25) is 9.63 Å². The zero-order valence-corrected chi connectivity index (χ0v) is 12.7. The average Bonchev–Trinajstić information content (AvgIpc) is 2.86. The minimum absolute atomic E-state index is 0.124. The van der Waals surface area contributed by atoms with Gasteiger partial charge in [0.25, 0.3) is 0 Å². The van der Waals surface area contributed by atoms with Gasteiger partial charge in [0.05, 0.1) is 5.69 Å². The lowest BCUT2D eigenvalue weighted by atomic mass is 10.2. The molecule has 2 rings (SSSR count). The maximum Gasteiger partial charge on any atom is 0.365 e. The van der Waals surface area contributed by atoms with E-state index in [1.165, 1.54) is 0 Å². The maximum absolute atomic E-state index is 11.6. The molecule has 1 aromatic heterocycles. The number of carbonyl (C=O) groups excluding carboxylic acids is 1. The van der Waals surface area contributed by atoms with Crippen molar-refractivity contribution in [2.75, 3.05) is 0 Å². The molecule has 0 bridgehead atoms. The molecule has 2 aromatic rings.